The number of Topliss-reactive ketones (excluding diaryl/α,β-unsaturated/α-hetero) is 1. The SMILES string of the molecule is COc1ccc(C(=O)[C@H](C)n2c(Cl)nc3c(=O)n(C)c(=O)n(C)c32)cc1. The Balaban J connectivity index is 2.18. The normalized spacial score (nSPS) is 12.3. The molecule has 0 unspecified atom stereocenters. The maximum Gasteiger partial charge on any atom is 0.332 e. The van der Waals surface area contributed by atoms with Crippen LogP contribution in [-0.4, -0.2) is 31.6 Å². The lowest BCUT2D eigenvalue weighted by atomic mass is 10.1. The molecule has 26 heavy (non-hydrogen) atoms. The Kier molecular flexibility index (Phi) is 4.45. The molecule has 0 spiro atoms. The number of methoxy groups -OCH3 is 1. The van der Waals surface area contributed by atoms with E-state index in [4.69, 9.17) is 16.3 Å². The van der Waals surface area contributed by atoms with Gasteiger partial charge in [-0.1, -0.05) is 0 Å². The van der Waals surface area contributed by atoms with Crippen molar-refractivity contribution in [2.24, 2.45) is 14.1 Å². The van der Waals surface area contributed by atoms with Gasteiger partial charge in [-0.2, -0.15) is 0 Å². The van der Waals surface area contributed by atoms with Crippen LogP contribution in [0, 0.1) is 0 Å². The van der Waals surface area contributed by atoms with E-state index in [0.29, 0.717) is 11.3 Å². The fourth-order valence-electron chi connectivity index (χ4n) is 2.88. The Labute approximate surface area is 153 Å². The number of carbonyl (C=O) groups excluding carboxylic acids is 1. The zero-order valence-electron chi connectivity index (χ0n) is 14.7. The van der Waals surface area contributed by atoms with Crippen molar-refractivity contribution < 1.29 is 9.53 Å². The molecule has 0 saturated carbocycles. The molecule has 0 radical (unpaired) electrons. The topological polar surface area (TPSA) is 88.1 Å². The summed E-state index contributed by atoms with van der Waals surface area (Å²) in [7, 11) is 4.41. The summed E-state index contributed by atoms with van der Waals surface area (Å²) < 4.78 is 8.69. The molecule has 0 N–H and O–H groups in total. The van der Waals surface area contributed by atoms with Crippen molar-refractivity contribution in [2.45, 2.75) is 13.0 Å². The summed E-state index contributed by atoms with van der Waals surface area (Å²) in [5.74, 6) is 0.396. The summed E-state index contributed by atoms with van der Waals surface area (Å²) in [6, 6.07) is 5.88. The van der Waals surface area contributed by atoms with Crippen molar-refractivity contribution in [3.63, 3.8) is 0 Å². The van der Waals surface area contributed by atoms with Crippen LogP contribution in [0.5, 0.6) is 5.75 Å². The first-order valence-electron chi connectivity index (χ1n) is 7.79. The van der Waals surface area contributed by atoms with E-state index in [1.165, 1.54) is 30.3 Å². The molecular weight excluding hydrogens is 360 g/mol. The van der Waals surface area contributed by atoms with Crippen molar-refractivity contribution in [2.75, 3.05) is 7.11 Å². The van der Waals surface area contributed by atoms with Gasteiger partial charge in [0, 0.05) is 19.7 Å². The molecule has 0 aliphatic rings. The van der Waals surface area contributed by atoms with Crippen molar-refractivity contribution in [3.8, 4) is 5.75 Å². The predicted molar refractivity (Wildman–Crippen MR) is 97.3 cm³/mol. The summed E-state index contributed by atoms with van der Waals surface area (Å²) in [5.41, 5.74) is -0.395. The zero-order valence-corrected chi connectivity index (χ0v) is 15.4. The van der Waals surface area contributed by atoms with Crippen molar-refractivity contribution in [1.82, 2.24) is 18.7 Å². The lowest BCUT2D eigenvalue weighted by Gasteiger charge is -2.16. The molecule has 0 saturated heterocycles. The number of carbonyl (C=O) groups is 1. The Morgan fingerprint density at radius 1 is 1.15 bits per heavy atom. The van der Waals surface area contributed by atoms with Gasteiger partial charge in [0.15, 0.2) is 16.9 Å². The number of rotatable bonds is 4. The number of benzene rings is 1. The minimum atomic E-state index is -0.765. The zero-order chi connectivity index (χ0) is 19.2. The second-order valence-corrected chi connectivity index (χ2v) is 6.24. The van der Waals surface area contributed by atoms with Crippen LogP contribution in [0.3, 0.4) is 0 Å². The number of imidazole rings is 1. The highest BCUT2D eigenvalue weighted by Crippen LogP contribution is 2.25. The molecule has 9 heteroatoms. The van der Waals surface area contributed by atoms with Gasteiger partial charge in [-0.3, -0.25) is 23.3 Å². The van der Waals surface area contributed by atoms with Gasteiger partial charge in [-0.15, -0.1) is 0 Å². The van der Waals surface area contributed by atoms with Crippen LogP contribution in [0.25, 0.3) is 11.2 Å². The van der Waals surface area contributed by atoms with Crippen LogP contribution < -0.4 is 16.0 Å². The lowest BCUT2D eigenvalue weighted by Crippen LogP contribution is -2.37. The average molecular weight is 377 g/mol. The fourth-order valence-corrected chi connectivity index (χ4v) is 3.19. The number of nitrogens with zero attached hydrogens (tertiary/aromatic N) is 4. The highest BCUT2D eigenvalue weighted by Gasteiger charge is 2.25. The van der Waals surface area contributed by atoms with Crippen molar-refractivity contribution >= 4 is 28.5 Å². The van der Waals surface area contributed by atoms with Crippen molar-refractivity contribution in [3.05, 3.63) is 56.0 Å². The van der Waals surface area contributed by atoms with Gasteiger partial charge in [0.1, 0.15) is 5.75 Å². The minimum absolute atomic E-state index is 0.0346. The largest absolute Gasteiger partial charge is 0.497 e. The van der Waals surface area contributed by atoms with Gasteiger partial charge < -0.3 is 4.74 Å². The number of hydrogen-bond donors (Lipinski definition) is 0. The van der Waals surface area contributed by atoms with E-state index in [2.05, 4.69) is 4.98 Å². The summed E-state index contributed by atoms with van der Waals surface area (Å²) in [6.45, 7) is 1.64. The number of aryl methyl sites for hydroxylation is 1. The van der Waals surface area contributed by atoms with Crippen molar-refractivity contribution in [1.29, 1.82) is 0 Å². The van der Waals surface area contributed by atoms with E-state index in [1.807, 2.05) is 0 Å². The molecular formula is C17H17ClN4O4. The highest BCUT2D eigenvalue weighted by molar-refractivity contribution is 6.29. The Morgan fingerprint density at radius 3 is 2.35 bits per heavy atom. The summed E-state index contributed by atoms with van der Waals surface area (Å²) in [5, 5.41) is -0.0346. The Hall–Kier alpha value is -2.87. The third-order valence-electron chi connectivity index (χ3n) is 4.38. The summed E-state index contributed by atoms with van der Waals surface area (Å²) in [6.07, 6.45) is 0. The second-order valence-electron chi connectivity index (χ2n) is 5.90. The van der Waals surface area contributed by atoms with Crippen LogP contribution in [0.15, 0.2) is 33.9 Å². The number of aromatic nitrogens is 4. The molecule has 0 aliphatic heterocycles. The molecule has 2 aromatic heterocycles. The number of fused-ring (bicyclic) bond motifs is 1. The average Bonchev–Trinajstić information content (AvgIpc) is 3.00. The maximum atomic E-state index is 12.9. The maximum absolute atomic E-state index is 12.9. The molecule has 8 nitrogen and oxygen atoms in total. The molecule has 1 aromatic carbocycles. The van der Waals surface area contributed by atoms with Gasteiger partial charge in [0.25, 0.3) is 5.56 Å². The molecule has 2 heterocycles. The van der Waals surface area contributed by atoms with Crippen LogP contribution in [0.4, 0.5) is 0 Å². The predicted octanol–water partition coefficient (Wildman–Crippen LogP) is 1.54. The van der Waals surface area contributed by atoms with Crippen LogP contribution >= 0.6 is 11.6 Å². The molecule has 0 amide bonds. The molecule has 3 aromatic rings. The first-order valence-corrected chi connectivity index (χ1v) is 8.17. The summed E-state index contributed by atoms with van der Waals surface area (Å²) >= 11 is 6.21. The van der Waals surface area contributed by atoms with E-state index in [-0.39, 0.29) is 22.2 Å². The summed E-state index contributed by atoms with van der Waals surface area (Å²) in [4.78, 5) is 41.5. The smallest absolute Gasteiger partial charge is 0.332 e. The quantitative estimate of drug-likeness (QED) is 0.509. The van der Waals surface area contributed by atoms with Crippen LogP contribution in [-0.2, 0) is 14.1 Å². The number of ketones is 1. The Bertz CT molecular complexity index is 1120. The van der Waals surface area contributed by atoms with Crippen LogP contribution in [0.2, 0.25) is 5.28 Å². The van der Waals surface area contributed by atoms with Gasteiger partial charge in [0.2, 0.25) is 5.28 Å². The lowest BCUT2D eigenvalue weighted by molar-refractivity contribution is 0.0936. The van der Waals surface area contributed by atoms with E-state index in [9.17, 15) is 14.4 Å². The fraction of sp³-hybridized carbons (Fsp3) is 0.294. The monoisotopic (exact) mass is 376 g/mol. The number of halogens is 1. The molecule has 3 rings (SSSR count). The number of ether oxygens (including phenoxy) is 1. The molecule has 136 valence electrons. The first kappa shape index (κ1) is 17.9. The van der Waals surface area contributed by atoms with E-state index in [0.717, 1.165) is 4.57 Å². The number of hydrogen-bond acceptors (Lipinski definition) is 5. The first-order chi connectivity index (χ1) is 12.3. The molecule has 0 bridgehead atoms. The third-order valence-corrected chi connectivity index (χ3v) is 4.65. The Morgan fingerprint density at radius 2 is 1.77 bits per heavy atom. The highest BCUT2D eigenvalue weighted by atomic mass is 35.5. The third kappa shape index (κ3) is 2.62. The van der Waals surface area contributed by atoms with E-state index < -0.39 is 17.3 Å². The molecule has 1 atom stereocenters. The van der Waals surface area contributed by atoms with Gasteiger partial charge in [-0.05, 0) is 42.8 Å². The second kappa shape index (κ2) is 6.45. The molecule has 0 aliphatic carbocycles. The van der Waals surface area contributed by atoms with Gasteiger partial charge in [-0.25, -0.2) is 9.78 Å². The standard InChI is InChI=1S/C17H17ClN4O4/c1-9(13(23)10-5-7-11(26-4)8-6-10)22-14-12(19-16(22)18)15(24)21(3)17(25)20(14)2/h5-9H,1-4H3/t9-/m0/s1. The van der Waals surface area contributed by atoms with Crippen LogP contribution in [0.1, 0.15) is 23.3 Å². The van der Waals surface area contributed by atoms with E-state index in [1.54, 1.807) is 31.2 Å². The van der Waals surface area contributed by atoms with E-state index >= 15 is 0 Å². The van der Waals surface area contributed by atoms with Gasteiger partial charge in [0.05, 0.1) is 13.2 Å². The van der Waals surface area contributed by atoms with Gasteiger partial charge >= 0.3 is 5.69 Å². The minimum Gasteiger partial charge on any atom is -0.497 e. The molecule has 0 fully saturated rings.